The molecule has 0 atom stereocenters. The predicted octanol–water partition coefficient (Wildman–Crippen LogP) is 1.53. The van der Waals surface area contributed by atoms with Gasteiger partial charge < -0.3 is 14.9 Å². The number of aliphatic carboxylic acids is 1. The van der Waals surface area contributed by atoms with E-state index < -0.39 is 5.97 Å². The molecule has 1 saturated heterocycles. The largest absolute Gasteiger partial charge is 0.481 e. The topological polar surface area (TPSA) is 84.6 Å². The molecule has 2 amide bonds. The molecule has 1 rings (SSSR count). The number of piperidine rings is 1. The molecule has 1 aliphatic rings. The summed E-state index contributed by atoms with van der Waals surface area (Å²) in [6, 6.07) is 2.01. The lowest BCUT2D eigenvalue weighted by Gasteiger charge is -2.35. The lowest BCUT2D eigenvalue weighted by Crippen LogP contribution is -2.47. The maximum Gasteiger partial charge on any atom is 0.320 e. The van der Waals surface area contributed by atoms with E-state index in [1.807, 2.05) is 13.0 Å². The molecular weight excluding hydrogens is 246 g/mol. The van der Waals surface area contributed by atoms with Crippen LogP contribution in [0.25, 0.3) is 0 Å². The van der Waals surface area contributed by atoms with E-state index in [1.165, 1.54) is 0 Å². The average molecular weight is 267 g/mol. The third-order valence-electron chi connectivity index (χ3n) is 3.49. The summed E-state index contributed by atoms with van der Waals surface area (Å²) in [5, 5.41) is 17.3. The van der Waals surface area contributed by atoms with Gasteiger partial charge >= 0.3 is 12.0 Å². The molecule has 0 spiro atoms. The maximum absolute atomic E-state index is 12.2. The number of hydrogen-bond acceptors (Lipinski definition) is 3. The molecule has 1 heterocycles. The number of nitrogens with zero attached hydrogens (tertiary/aromatic N) is 3. The molecule has 0 bridgehead atoms. The quantitative estimate of drug-likeness (QED) is 0.818. The van der Waals surface area contributed by atoms with Crippen molar-refractivity contribution in [1.82, 2.24) is 9.80 Å². The van der Waals surface area contributed by atoms with Gasteiger partial charge in [-0.1, -0.05) is 0 Å². The van der Waals surface area contributed by atoms with E-state index in [2.05, 4.69) is 0 Å². The van der Waals surface area contributed by atoms with Gasteiger partial charge in [-0.2, -0.15) is 5.26 Å². The van der Waals surface area contributed by atoms with E-state index in [4.69, 9.17) is 10.4 Å². The number of rotatable bonds is 5. The molecule has 1 N–H and O–H groups in total. The highest BCUT2D eigenvalue weighted by Crippen LogP contribution is 2.21. The first-order chi connectivity index (χ1) is 9.08. The zero-order chi connectivity index (χ0) is 14.3. The number of carboxylic acids is 1. The van der Waals surface area contributed by atoms with Crippen molar-refractivity contribution in [2.75, 3.05) is 26.2 Å². The van der Waals surface area contributed by atoms with Gasteiger partial charge in [0.2, 0.25) is 0 Å². The third-order valence-corrected chi connectivity index (χ3v) is 3.49. The second kappa shape index (κ2) is 7.62. The first-order valence-electron chi connectivity index (χ1n) is 6.71. The Kier molecular flexibility index (Phi) is 6.13. The molecule has 0 aromatic carbocycles. The van der Waals surface area contributed by atoms with E-state index in [1.54, 1.807) is 9.80 Å². The normalized spacial score (nSPS) is 15.9. The van der Waals surface area contributed by atoms with Gasteiger partial charge in [0.05, 0.1) is 12.5 Å². The number of hydrogen-bond donors (Lipinski definition) is 1. The van der Waals surface area contributed by atoms with Crippen molar-refractivity contribution in [3.63, 3.8) is 0 Å². The first-order valence-corrected chi connectivity index (χ1v) is 6.71. The lowest BCUT2D eigenvalue weighted by atomic mass is 9.94. The number of amides is 2. The number of carbonyl (C=O) groups is 2. The molecular formula is C13H21N3O3. The van der Waals surface area contributed by atoms with E-state index in [0.29, 0.717) is 32.6 Å². The standard InChI is InChI=1S/C13H21N3O3/c1-2-15(7-3-6-14)13(19)16-8-4-11(5-9-16)10-12(17)18/h11H,2-5,7-10H2,1H3,(H,17,18). The minimum atomic E-state index is -0.769. The Labute approximate surface area is 113 Å². The molecule has 0 saturated carbocycles. The van der Waals surface area contributed by atoms with Crippen LogP contribution in [0.1, 0.15) is 32.6 Å². The minimum Gasteiger partial charge on any atom is -0.481 e. The van der Waals surface area contributed by atoms with Crippen LogP contribution in [0, 0.1) is 17.2 Å². The van der Waals surface area contributed by atoms with Crippen LogP contribution in [0.2, 0.25) is 0 Å². The van der Waals surface area contributed by atoms with E-state index in [0.717, 1.165) is 12.8 Å². The van der Waals surface area contributed by atoms with Gasteiger partial charge in [-0.3, -0.25) is 4.79 Å². The summed E-state index contributed by atoms with van der Waals surface area (Å²) in [4.78, 5) is 26.3. The molecule has 106 valence electrons. The number of carboxylic acid groups (broad SMARTS) is 1. The second-order valence-corrected chi connectivity index (χ2v) is 4.80. The Morgan fingerprint density at radius 3 is 2.53 bits per heavy atom. The van der Waals surface area contributed by atoms with Gasteiger partial charge in [-0.25, -0.2) is 4.79 Å². The molecule has 0 radical (unpaired) electrons. The summed E-state index contributed by atoms with van der Waals surface area (Å²) >= 11 is 0. The summed E-state index contributed by atoms with van der Waals surface area (Å²) < 4.78 is 0. The summed E-state index contributed by atoms with van der Waals surface area (Å²) in [5.74, 6) is -0.593. The molecule has 1 fully saturated rings. The zero-order valence-corrected chi connectivity index (χ0v) is 11.3. The highest BCUT2D eigenvalue weighted by molar-refractivity contribution is 5.74. The fourth-order valence-corrected chi connectivity index (χ4v) is 2.35. The van der Waals surface area contributed by atoms with Gasteiger partial charge in [0.25, 0.3) is 0 Å². The molecule has 0 unspecified atom stereocenters. The van der Waals surface area contributed by atoms with Crippen LogP contribution < -0.4 is 0 Å². The van der Waals surface area contributed by atoms with Crippen molar-refractivity contribution in [1.29, 1.82) is 5.26 Å². The van der Waals surface area contributed by atoms with Crippen molar-refractivity contribution in [2.45, 2.75) is 32.6 Å². The molecule has 0 aliphatic carbocycles. The molecule has 6 nitrogen and oxygen atoms in total. The van der Waals surface area contributed by atoms with Crippen molar-refractivity contribution in [3.8, 4) is 6.07 Å². The number of carbonyl (C=O) groups excluding carboxylic acids is 1. The fraction of sp³-hybridized carbons (Fsp3) is 0.769. The van der Waals surface area contributed by atoms with Crippen LogP contribution in [0.15, 0.2) is 0 Å². The molecule has 0 aromatic rings. The van der Waals surface area contributed by atoms with Crippen LogP contribution in [0.3, 0.4) is 0 Å². The van der Waals surface area contributed by atoms with Gasteiger partial charge in [-0.15, -0.1) is 0 Å². The van der Waals surface area contributed by atoms with Gasteiger partial charge in [-0.05, 0) is 25.7 Å². The second-order valence-electron chi connectivity index (χ2n) is 4.80. The smallest absolute Gasteiger partial charge is 0.320 e. The maximum atomic E-state index is 12.2. The minimum absolute atomic E-state index is 0.0356. The Hall–Kier alpha value is -1.77. The van der Waals surface area contributed by atoms with Crippen molar-refractivity contribution in [2.24, 2.45) is 5.92 Å². The number of likely N-dealkylation sites (tertiary alicyclic amines) is 1. The predicted molar refractivity (Wildman–Crippen MR) is 69.4 cm³/mol. The summed E-state index contributed by atoms with van der Waals surface area (Å²) in [7, 11) is 0. The van der Waals surface area contributed by atoms with Crippen molar-refractivity contribution in [3.05, 3.63) is 0 Å². The number of nitriles is 1. The van der Waals surface area contributed by atoms with E-state index in [-0.39, 0.29) is 18.4 Å². The Bertz CT molecular complexity index is 357. The molecule has 19 heavy (non-hydrogen) atoms. The number of urea groups is 1. The lowest BCUT2D eigenvalue weighted by molar-refractivity contribution is -0.138. The summed E-state index contributed by atoms with van der Waals surface area (Å²) in [6.07, 6.45) is 2.02. The van der Waals surface area contributed by atoms with Crippen LogP contribution in [-0.2, 0) is 4.79 Å². The Morgan fingerprint density at radius 1 is 1.42 bits per heavy atom. The fourth-order valence-electron chi connectivity index (χ4n) is 2.35. The van der Waals surface area contributed by atoms with Crippen LogP contribution in [0.4, 0.5) is 4.79 Å². The average Bonchev–Trinajstić information content (AvgIpc) is 2.39. The SMILES string of the molecule is CCN(CCC#N)C(=O)N1CCC(CC(=O)O)CC1. The van der Waals surface area contributed by atoms with E-state index in [9.17, 15) is 9.59 Å². The van der Waals surface area contributed by atoms with Gasteiger partial charge in [0, 0.05) is 32.6 Å². The monoisotopic (exact) mass is 267 g/mol. The highest BCUT2D eigenvalue weighted by atomic mass is 16.4. The molecule has 0 aromatic heterocycles. The van der Waals surface area contributed by atoms with Crippen LogP contribution in [0.5, 0.6) is 0 Å². The van der Waals surface area contributed by atoms with Gasteiger partial charge in [0.1, 0.15) is 0 Å². The van der Waals surface area contributed by atoms with Gasteiger partial charge in [0.15, 0.2) is 0 Å². The molecule has 6 heteroatoms. The van der Waals surface area contributed by atoms with Crippen molar-refractivity contribution < 1.29 is 14.7 Å². The summed E-state index contributed by atoms with van der Waals surface area (Å²) in [6.45, 7) is 4.17. The Morgan fingerprint density at radius 2 is 2.05 bits per heavy atom. The first kappa shape index (κ1) is 15.3. The zero-order valence-electron chi connectivity index (χ0n) is 11.3. The Balaban J connectivity index is 2.43. The van der Waals surface area contributed by atoms with Crippen LogP contribution in [-0.4, -0.2) is 53.1 Å². The highest BCUT2D eigenvalue weighted by Gasteiger charge is 2.26. The third kappa shape index (κ3) is 4.78. The van der Waals surface area contributed by atoms with Crippen LogP contribution >= 0.6 is 0 Å². The summed E-state index contributed by atoms with van der Waals surface area (Å²) in [5.41, 5.74) is 0. The molecule has 1 aliphatic heterocycles. The van der Waals surface area contributed by atoms with Crippen molar-refractivity contribution >= 4 is 12.0 Å². The van der Waals surface area contributed by atoms with E-state index >= 15 is 0 Å².